The van der Waals surface area contributed by atoms with Gasteiger partial charge in [-0.05, 0) is 32.1 Å². The first-order valence-corrected chi connectivity index (χ1v) is 6.59. The molecule has 22 heavy (non-hydrogen) atoms. The Hall–Kier alpha value is -2.34. The number of ether oxygens (including phenoxy) is 2. The van der Waals surface area contributed by atoms with Crippen molar-refractivity contribution in [3.8, 4) is 11.6 Å². The average Bonchev–Trinajstić information content (AvgIpc) is 2.91. The number of hydrogen-bond acceptors (Lipinski definition) is 5. The maximum absolute atomic E-state index is 7.54. The molecule has 0 aliphatic rings. The first-order valence-electron chi connectivity index (χ1n) is 6.59. The van der Waals surface area contributed by atoms with Gasteiger partial charge in [0, 0.05) is 12.3 Å². The van der Waals surface area contributed by atoms with Crippen LogP contribution in [0.15, 0.2) is 30.7 Å². The number of nitrogens with zero attached hydrogens (tertiary/aromatic N) is 3. The Bertz CT molecular complexity index is 667. The van der Waals surface area contributed by atoms with Gasteiger partial charge in [0.05, 0.1) is 31.4 Å². The van der Waals surface area contributed by atoms with Crippen molar-refractivity contribution in [2.45, 2.75) is 13.8 Å². The van der Waals surface area contributed by atoms with Crippen LogP contribution in [0.2, 0.25) is 0 Å². The van der Waals surface area contributed by atoms with Crippen LogP contribution in [-0.4, -0.2) is 34.1 Å². The predicted molar refractivity (Wildman–Crippen MR) is 88.3 cm³/mol. The van der Waals surface area contributed by atoms with Crippen LogP contribution in [0.1, 0.15) is 18.3 Å². The van der Waals surface area contributed by atoms with Crippen molar-refractivity contribution in [3.63, 3.8) is 0 Å². The maximum atomic E-state index is 7.54. The molecule has 7 heteroatoms. The van der Waals surface area contributed by atoms with Crippen molar-refractivity contribution in [2.24, 2.45) is 0 Å². The summed E-state index contributed by atoms with van der Waals surface area (Å²) < 4.78 is 12.2. The van der Waals surface area contributed by atoms with Crippen molar-refractivity contribution in [1.82, 2.24) is 14.5 Å². The SMILES string of the molecule is CCOC(=N)/C=C/c1ccc(-n2cnc(C)c2)c(OC)n1.Cl. The van der Waals surface area contributed by atoms with Crippen LogP contribution in [0.4, 0.5) is 0 Å². The van der Waals surface area contributed by atoms with E-state index in [-0.39, 0.29) is 18.3 Å². The Morgan fingerprint density at radius 1 is 1.41 bits per heavy atom. The normalized spacial score (nSPS) is 10.3. The van der Waals surface area contributed by atoms with Gasteiger partial charge in [-0.25, -0.2) is 9.97 Å². The molecular weight excluding hydrogens is 304 g/mol. The Balaban J connectivity index is 0.00000242. The second-order valence-electron chi connectivity index (χ2n) is 4.32. The van der Waals surface area contributed by atoms with Crippen molar-refractivity contribution >= 4 is 24.4 Å². The third kappa shape index (κ3) is 4.33. The summed E-state index contributed by atoms with van der Waals surface area (Å²) in [6.45, 7) is 4.23. The number of rotatable bonds is 5. The van der Waals surface area contributed by atoms with E-state index >= 15 is 0 Å². The zero-order chi connectivity index (χ0) is 15.2. The highest BCUT2D eigenvalue weighted by Gasteiger charge is 2.08. The molecule has 0 radical (unpaired) electrons. The molecule has 6 nitrogen and oxygen atoms in total. The molecule has 2 aromatic rings. The van der Waals surface area contributed by atoms with Crippen molar-refractivity contribution in [3.05, 3.63) is 42.1 Å². The number of halogens is 1. The minimum Gasteiger partial charge on any atom is -0.479 e. The first-order chi connectivity index (χ1) is 10.1. The fourth-order valence-electron chi connectivity index (χ4n) is 1.80. The van der Waals surface area contributed by atoms with Crippen molar-refractivity contribution < 1.29 is 9.47 Å². The molecule has 0 bridgehead atoms. The lowest BCUT2D eigenvalue weighted by molar-refractivity contribution is 0.327. The molecule has 0 unspecified atom stereocenters. The van der Waals surface area contributed by atoms with Gasteiger partial charge in [-0.15, -0.1) is 12.4 Å². The zero-order valence-corrected chi connectivity index (χ0v) is 13.6. The topological polar surface area (TPSA) is 73.0 Å². The fourth-order valence-corrected chi connectivity index (χ4v) is 1.80. The third-order valence-electron chi connectivity index (χ3n) is 2.75. The molecule has 0 saturated heterocycles. The predicted octanol–water partition coefficient (Wildman–Crippen LogP) is 3.03. The molecule has 2 heterocycles. The monoisotopic (exact) mass is 322 g/mol. The summed E-state index contributed by atoms with van der Waals surface area (Å²) in [6.07, 6.45) is 6.89. The highest BCUT2D eigenvalue weighted by molar-refractivity contribution is 5.89. The Labute approximate surface area is 135 Å². The molecule has 0 saturated carbocycles. The summed E-state index contributed by atoms with van der Waals surface area (Å²) in [5, 5.41) is 7.54. The quantitative estimate of drug-likeness (QED) is 0.678. The van der Waals surface area contributed by atoms with Gasteiger partial charge in [0.1, 0.15) is 5.69 Å². The van der Waals surface area contributed by atoms with E-state index in [1.807, 2.05) is 36.7 Å². The van der Waals surface area contributed by atoms with Crippen LogP contribution in [0.5, 0.6) is 5.88 Å². The van der Waals surface area contributed by atoms with Gasteiger partial charge in [-0.1, -0.05) is 0 Å². The largest absolute Gasteiger partial charge is 0.479 e. The van der Waals surface area contributed by atoms with E-state index in [4.69, 9.17) is 14.9 Å². The number of nitrogens with one attached hydrogen (secondary N) is 1. The van der Waals surface area contributed by atoms with Crippen LogP contribution in [-0.2, 0) is 4.74 Å². The number of pyridine rings is 1. The van der Waals surface area contributed by atoms with Crippen molar-refractivity contribution in [1.29, 1.82) is 5.41 Å². The van der Waals surface area contributed by atoms with Gasteiger partial charge in [-0.2, -0.15) is 0 Å². The smallest absolute Gasteiger partial charge is 0.238 e. The summed E-state index contributed by atoms with van der Waals surface area (Å²) in [6, 6.07) is 3.75. The van der Waals surface area contributed by atoms with Gasteiger partial charge in [-0.3, -0.25) is 5.41 Å². The lowest BCUT2D eigenvalue weighted by atomic mass is 10.3. The number of aryl methyl sites for hydroxylation is 1. The molecule has 0 fully saturated rings. The summed E-state index contributed by atoms with van der Waals surface area (Å²) in [7, 11) is 1.57. The van der Waals surface area contributed by atoms with Crippen LogP contribution < -0.4 is 4.74 Å². The summed E-state index contributed by atoms with van der Waals surface area (Å²) in [4.78, 5) is 8.59. The van der Waals surface area contributed by atoms with Gasteiger partial charge in [0.15, 0.2) is 0 Å². The van der Waals surface area contributed by atoms with Crippen LogP contribution in [0.25, 0.3) is 11.8 Å². The first kappa shape index (κ1) is 17.7. The molecule has 0 aliphatic carbocycles. The minimum atomic E-state index is 0. The van der Waals surface area contributed by atoms with Crippen LogP contribution in [0.3, 0.4) is 0 Å². The maximum Gasteiger partial charge on any atom is 0.238 e. The number of imidazole rings is 1. The molecular formula is C15H19ClN4O2. The summed E-state index contributed by atoms with van der Waals surface area (Å²) >= 11 is 0. The van der Waals surface area contributed by atoms with E-state index in [2.05, 4.69) is 9.97 Å². The minimum absolute atomic E-state index is 0. The van der Waals surface area contributed by atoms with E-state index in [0.29, 0.717) is 18.2 Å². The molecule has 0 aliphatic heterocycles. The molecule has 118 valence electrons. The molecule has 0 aromatic carbocycles. The summed E-state index contributed by atoms with van der Waals surface area (Å²) in [5.74, 6) is 0.602. The van der Waals surface area contributed by atoms with E-state index in [1.165, 1.54) is 0 Å². The van der Waals surface area contributed by atoms with E-state index in [9.17, 15) is 0 Å². The highest BCUT2D eigenvalue weighted by Crippen LogP contribution is 2.21. The summed E-state index contributed by atoms with van der Waals surface area (Å²) in [5.41, 5.74) is 2.43. The Morgan fingerprint density at radius 3 is 2.77 bits per heavy atom. The molecule has 1 N–H and O–H groups in total. The number of methoxy groups -OCH3 is 1. The second-order valence-corrected chi connectivity index (χ2v) is 4.32. The van der Waals surface area contributed by atoms with Crippen LogP contribution in [0, 0.1) is 12.3 Å². The number of aromatic nitrogens is 3. The Kier molecular flexibility index (Phi) is 6.59. The fraction of sp³-hybridized carbons (Fsp3) is 0.267. The van der Waals surface area contributed by atoms with E-state index in [0.717, 1.165) is 11.4 Å². The lowest BCUT2D eigenvalue weighted by Crippen LogP contribution is -2.00. The zero-order valence-electron chi connectivity index (χ0n) is 12.7. The molecule has 0 atom stereocenters. The standard InChI is InChI=1S/C15H18N4O2.ClH/c1-4-21-14(16)8-6-12-5-7-13(15(18-12)20-3)19-9-11(2)17-10-19;/h5-10,16H,4H2,1-3H3;1H/b8-6+,16-14?;. The molecule has 0 spiro atoms. The van der Waals surface area contributed by atoms with E-state index < -0.39 is 0 Å². The third-order valence-corrected chi connectivity index (χ3v) is 2.75. The van der Waals surface area contributed by atoms with Gasteiger partial charge >= 0.3 is 0 Å². The van der Waals surface area contributed by atoms with Crippen molar-refractivity contribution in [2.75, 3.05) is 13.7 Å². The molecule has 0 amide bonds. The molecule has 2 rings (SSSR count). The average molecular weight is 323 g/mol. The van der Waals surface area contributed by atoms with Gasteiger partial charge < -0.3 is 14.0 Å². The van der Waals surface area contributed by atoms with E-state index in [1.54, 1.807) is 25.6 Å². The molecule has 2 aromatic heterocycles. The second kappa shape index (κ2) is 8.19. The van der Waals surface area contributed by atoms with Gasteiger partial charge in [0.25, 0.3) is 0 Å². The highest BCUT2D eigenvalue weighted by atomic mass is 35.5. The van der Waals surface area contributed by atoms with Crippen LogP contribution >= 0.6 is 12.4 Å². The lowest BCUT2D eigenvalue weighted by Gasteiger charge is -2.08. The Morgan fingerprint density at radius 2 is 2.18 bits per heavy atom. The van der Waals surface area contributed by atoms with Gasteiger partial charge in [0.2, 0.25) is 11.8 Å². The number of hydrogen-bond donors (Lipinski definition) is 1.